The van der Waals surface area contributed by atoms with Crippen molar-refractivity contribution in [3.63, 3.8) is 0 Å². The smallest absolute Gasteiger partial charge is 0.355 e. The number of ether oxygens (including phenoxy) is 2. The Morgan fingerprint density at radius 2 is 2.18 bits per heavy atom. The van der Waals surface area contributed by atoms with Crippen LogP contribution in [-0.4, -0.2) is 76.8 Å². The standard InChI is InChI=1S/C19H21N5O7S2/c1-4-5-30-18(28)14-10(6-31-9(2)25)7-32-17-13(16(27)24(14)17)22-15(26)12(23-29-3)11-8-33-19(20)21-11/h4,8,13,17H,1,5-7H2,2-3H3,(H2,20,21)(H,22,26)/t13?,17-/m0/s1. The predicted octanol–water partition coefficient (Wildman–Crippen LogP) is 0.0221. The number of fused-ring (bicyclic) bond motifs is 1. The zero-order chi connectivity index (χ0) is 24.1. The molecule has 176 valence electrons. The number of rotatable bonds is 9. The second-order valence-corrected chi connectivity index (χ2v) is 8.67. The topological polar surface area (TPSA) is 163 Å². The molecule has 1 unspecified atom stereocenters. The number of carbonyl (C=O) groups is 4. The molecule has 0 bridgehead atoms. The molecule has 1 aromatic heterocycles. The zero-order valence-electron chi connectivity index (χ0n) is 17.7. The highest BCUT2D eigenvalue weighted by atomic mass is 32.2. The molecule has 14 heteroatoms. The number of anilines is 1. The van der Waals surface area contributed by atoms with Crippen LogP contribution in [0.3, 0.4) is 0 Å². The minimum atomic E-state index is -0.932. The third-order valence-corrected chi connectivity index (χ3v) is 6.48. The van der Waals surface area contributed by atoms with Gasteiger partial charge in [-0.2, -0.15) is 0 Å². The average molecular weight is 496 g/mol. The fourth-order valence-electron chi connectivity index (χ4n) is 3.08. The summed E-state index contributed by atoms with van der Waals surface area (Å²) in [5.41, 5.74) is 6.11. The van der Waals surface area contributed by atoms with Crippen molar-refractivity contribution in [2.45, 2.75) is 18.3 Å². The van der Waals surface area contributed by atoms with Gasteiger partial charge in [0.25, 0.3) is 11.8 Å². The van der Waals surface area contributed by atoms with Crippen LogP contribution in [0.1, 0.15) is 12.6 Å². The molecule has 1 fully saturated rings. The van der Waals surface area contributed by atoms with Crippen molar-refractivity contribution in [3.05, 3.63) is 35.0 Å². The highest BCUT2D eigenvalue weighted by Gasteiger charge is 2.54. The molecule has 2 aliphatic rings. The van der Waals surface area contributed by atoms with E-state index in [1.807, 2.05) is 0 Å². The maximum Gasteiger partial charge on any atom is 0.355 e. The highest BCUT2D eigenvalue weighted by molar-refractivity contribution is 8.00. The number of β-lactam (4-membered cyclic amide) rings is 1. The molecular weight excluding hydrogens is 474 g/mol. The highest BCUT2D eigenvalue weighted by Crippen LogP contribution is 2.40. The van der Waals surface area contributed by atoms with Gasteiger partial charge in [-0.3, -0.25) is 19.3 Å². The lowest BCUT2D eigenvalue weighted by atomic mass is 10.0. The second kappa shape index (κ2) is 10.5. The number of esters is 2. The van der Waals surface area contributed by atoms with E-state index in [0.717, 1.165) is 11.3 Å². The summed E-state index contributed by atoms with van der Waals surface area (Å²) in [7, 11) is 1.27. The molecule has 0 aromatic carbocycles. The molecule has 0 radical (unpaired) electrons. The van der Waals surface area contributed by atoms with Gasteiger partial charge in [-0.05, 0) is 0 Å². The molecule has 1 aromatic rings. The Morgan fingerprint density at radius 3 is 2.79 bits per heavy atom. The zero-order valence-corrected chi connectivity index (χ0v) is 19.4. The quantitative estimate of drug-likeness (QED) is 0.157. The molecule has 3 heterocycles. The van der Waals surface area contributed by atoms with Crippen LogP contribution in [-0.2, 0) is 33.5 Å². The molecule has 0 saturated carbocycles. The van der Waals surface area contributed by atoms with Gasteiger partial charge in [0, 0.05) is 23.6 Å². The molecule has 3 N–H and O–H groups in total. The van der Waals surface area contributed by atoms with Gasteiger partial charge in [0.15, 0.2) is 10.8 Å². The maximum atomic E-state index is 12.9. The summed E-state index contributed by atoms with van der Waals surface area (Å²) < 4.78 is 10.1. The Kier molecular flexibility index (Phi) is 7.71. The number of thioether (sulfide) groups is 1. The Labute approximate surface area is 196 Å². The summed E-state index contributed by atoms with van der Waals surface area (Å²) in [5, 5.41) is 7.51. The Balaban J connectivity index is 1.80. The average Bonchev–Trinajstić information content (AvgIpc) is 3.22. The van der Waals surface area contributed by atoms with Crippen molar-refractivity contribution in [2.75, 3.05) is 31.8 Å². The summed E-state index contributed by atoms with van der Waals surface area (Å²) in [4.78, 5) is 59.6. The van der Waals surface area contributed by atoms with Crippen LogP contribution in [0, 0.1) is 0 Å². The lowest BCUT2D eigenvalue weighted by molar-refractivity contribution is -0.152. The molecule has 0 spiro atoms. The van der Waals surface area contributed by atoms with E-state index in [-0.39, 0.29) is 41.2 Å². The van der Waals surface area contributed by atoms with E-state index in [4.69, 9.17) is 20.0 Å². The summed E-state index contributed by atoms with van der Waals surface area (Å²) in [5.74, 6) is -2.21. The number of thiazole rings is 1. The third kappa shape index (κ3) is 5.17. The molecular formula is C19H21N5O7S2. The number of nitrogens with zero attached hydrogens (tertiary/aromatic N) is 3. The number of aromatic nitrogens is 1. The number of oxime groups is 1. The van der Waals surface area contributed by atoms with E-state index < -0.39 is 35.2 Å². The van der Waals surface area contributed by atoms with E-state index >= 15 is 0 Å². The summed E-state index contributed by atoms with van der Waals surface area (Å²) in [6.07, 6.45) is 1.39. The van der Waals surface area contributed by atoms with Crippen LogP contribution in [0.25, 0.3) is 0 Å². The summed E-state index contributed by atoms with van der Waals surface area (Å²) >= 11 is 2.43. The fraction of sp³-hybridized carbons (Fsp3) is 0.368. The lowest BCUT2D eigenvalue weighted by Gasteiger charge is -2.49. The van der Waals surface area contributed by atoms with Crippen LogP contribution < -0.4 is 11.1 Å². The van der Waals surface area contributed by atoms with E-state index in [0.29, 0.717) is 5.57 Å². The van der Waals surface area contributed by atoms with Gasteiger partial charge >= 0.3 is 11.9 Å². The van der Waals surface area contributed by atoms with Crippen molar-refractivity contribution >= 4 is 57.7 Å². The number of amides is 2. The summed E-state index contributed by atoms with van der Waals surface area (Å²) in [6.45, 7) is 4.51. The first-order valence-corrected chi connectivity index (χ1v) is 11.4. The van der Waals surface area contributed by atoms with E-state index in [2.05, 4.69) is 22.0 Å². The van der Waals surface area contributed by atoms with Gasteiger partial charge in [-0.25, -0.2) is 9.78 Å². The van der Waals surface area contributed by atoms with Crippen molar-refractivity contribution < 1.29 is 33.5 Å². The summed E-state index contributed by atoms with van der Waals surface area (Å²) in [6, 6.07) is -0.932. The largest absolute Gasteiger partial charge is 0.461 e. The first-order chi connectivity index (χ1) is 15.8. The molecule has 3 rings (SSSR count). The number of carbonyl (C=O) groups excluding carboxylic acids is 4. The van der Waals surface area contributed by atoms with E-state index in [1.165, 1.54) is 42.2 Å². The van der Waals surface area contributed by atoms with Crippen LogP contribution in [0.15, 0.2) is 34.5 Å². The molecule has 2 aliphatic heterocycles. The van der Waals surface area contributed by atoms with Gasteiger partial charge < -0.3 is 25.4 Å². The normalized spacial score (nSPS) is 19.9. The monoisotopic (exact) mass is 495 g/mol. The number of hydrogen-bond donors (Lipinski definition) is 2. The van der Waals surface area contributed by atoms with E-state index in [1.54, 1.807) is 0 Å². The molecule has 33 heavy (non-hydrogen) atoms. The van der Waals surface area contributed by atoms with E-state index in [9.17, 15) is 19.2 Å². The maximum absolute atomic E-state index is 12.9. The van der Waals surface area contributed by atoms with Crippen molar-refractivity contribution in [1.29, 1.82) is 0 Å². The predicted molar refractivity (Wildman–Crippen MR) is 120 cm³/mol. The number of nitrogens with one attached hydrogen (secondary N) is 1. The minimum absolute atomic E-state index is 0.00425. The first-order valence-electron chi connectivity index (χ1n) is 9.49. The van der Waals surface area contributed by atoms with Gasteiger partial charge in [-0.1, -0.05) is 17.8 Å². The molecule has 0 aliphatic carbocycles. The van der Waals surface area contributed by atoms with Crippen molar-refractivity contribution in [2.24, 2.45) is 5.16 Å². The SMILES string of the molecule is C=CCOC(=O)C1=C(COC(C)=O)CS[C@H]2C(NC(=O)C(=NOC)c3csc(N)n3)C(=O)N12. The third-order valence-electron chi connectivity index (χ3n) is 4.47. The lowest BCUT2D eigenvalue weighted by Crippen LogP contribution is -2.71. The van der Waals surface area contributed by atoms with Crippen LogP contribution in [0.5, 0.6) is 0 Å². The van der Waals surface area contributed by atoms with Crippen molar-refractivity contribution in [3.8, 4) is 0 Å². The molecule has 2 atom stereocenters. The van der Waals surface area contributed by atoms with Crippen molar-refractivity contribution in [1.82, 2.24) is 15.2 Å². The van der Waals surface area contributed by atoms with Crippen LogP contribution in [0.2, 0.25) is 0 Å². The second-order valence-electron chi connectivity index (χ2n) is 6.67. The van der Waals surface area contributed by atoms with Gasteiger partial charge in [-0.15, -0.1) is 23.1 Å². The Morgan fingerprint density at radius 1 is 1.42 bits per heavy atom. The number of nitrogen functional groups attached to an aromatic ring is 1. The van der Waals surface area contributed by atoms with Crippen LogP contribution >= 0.6 is 23.1 Å². The van der Waals surface area contributed by atoms with Crippen LogP contribution in [0.4, 0.5) is 5.13 Å². The molecule has 2 amide bonds. The number of nitrogens with two attached hydrogens (primary N) is 1. The van der Waals surface area contributed by atoms with Gasteiger partial charge in [0.2, 0.25) is 0 Å². The Hall–Kier alpha value is -3.39. The van der Waals surface area contributed by atoms with Gasteiger partial charge in [0.1, 0.15) is 43.1 Å². The molecule has 1 saturated heterocycles. The molecule has 12 nitrogen and oxygen atoms in total. The minimum Gasteiger partial charge on any atom is -0.461 e. The van der Waals surface area contributed by atoms with Gasteiger partial charge in [0.05, 0.1) is 0 Å². The first kappa shape index (κ1) is 24.3. The number of hydrogen-bond acceptors (Lipinski definition) is 12. The Bertz CT molecular complexity index is 1050. The fourth-order valence-corrected chi connectivity index (χ4v) is 4.95.